The monoisotopic (exact) mass is 341 g/mol. The molecule has 0 saturated carbocycles. The lowest BCUT2D eigenvalue weighted by Crippen LogP contribution is -2.24. The van der Waals surface area contributed by atoms with Crippen LogP contribution in [0.3, 0.4) is 0 Å². The molecular formula is C17H18Cl3N. The highest BCUT2D eigenvalue weighted by molar-refractivity contribution is 6.42. The lowest BCUT2D eigenvalue weighted by molar-refractivity contribution is 0.598. The fourth-order valence-corrected chi connectivity index (χ4v) is 2.96. The quantitative estimate of drug-likeness (QED) is 0.698. The van der Waals surface area contributed by atoms with Gasteiger partial charge in [0.15, 0.2) is 0 Å². The van der Waals surface area contributed by atoms with Crippen LogP contribution in [-0.4, -0.2) is 6.54 Å². The summed E-state index contributed by atoms with van der Waals surface area (Å²) >= 11 is 19.0. The van der Waals surface area contributed by atoms with Gasteiger partial charge in [0.05, 0.1) is 16.1 Å². The zero-order valence-corrected chi connectivity index (χ0v) is 14.4. The third-order valence-electron chi connectivity index (χ3n) is 3.42. The molecule has 1 atom stereocenters. The molecule has 1 N–H and O–H groups in total. The van der Waals surface area contributed by atoms with Crippen molar-refractivity contribution in [2.24, 2.45) is 0 Å². The summed E-state index contributed by atoms with van der Waals surface area (Å²) in [5.41, 5.74) is 3.02. The van der Waals surface area contributed by atoms with E-state index in [0.29, 0.717) is 10.0 Å². The van der Waals surface area contributed by atoms with Crippen molar-refractivity contribution in [3.63, 3.8) is 0 Å². The SMILES string of the molecule is CCCNC(c1cccc(C)c1Cl)c1cccc(Cl)c1Cl. The van der Waals surface area contributed by atoms with E-state index in [1.807, 2.05) is 37.3 Å². The zero-order valence-electron chi connectivity index (χ0n) is 12.1. The number of halogens is 3. The second-order valence-electron chi connectivity index (χ2n) is 5.01. The van der Waals surface area contributed by atoms with E-state index < -0.39 is 0 Å². The van der Waals surface area contributed by atoms with Crippen LogP contribution in [0.1, 0.15) is 36.1 Å². The van der Waals surface area contributed by atoms with Gasteiger partial charge in [0.25, 0.3) is 0 Å². The molecule has 2 rings (SSSR count). The third kappa shape index (κ3) is 3.73. The van der Waals surface area contributed by atoms with Crippen molar-refractivity contribution in [2.75, 3.05) is 6.54 Å². The topological polar surface area (TPSA) is 12.0 Å². The maximum absolute atomic E-state index is 6.49. The molecule has 2 aromatic carbocycles. The van der Waals surface area contributed by atoms with E-state index in [-0.39, 0.29) is 6.04 Å². The van der Waals surface area contributed by atoms with Crippen molar-refractivity contribution in [2.45, 2.75) is 26.3 Å². The van der Waals surface area contributed by atoms with Crippen LogP contribution in [0.4, 0.5) is 0 Å². The Bertz CT molecular complexity index is 574. The van der Waals surface area contributed by atoms with Crippen molar-refractivity contribution in [3.05, 3.63) is 68.2 Å². The minimum atomic E-state index is -0.0662. The van der Waals surface area contributed by atoms with Gasteiger partial charge in [0.2, 0.25) is 0 Å². The average Bonchev–Trinajstić information content (AvgIpc) is 2.47. The molecule has 0 amide bonds. The van der Waals surface area contributed by atoms with Gasteiger partial charge in [-0.3, -0.25) is 0 Å². The third-order valence-corrected chi connectivity index (χ3v) is 4.77. The molecule has 2 aromatic rings. The molecule has 0 aliphatic rings. The summed E-state index contributed by atoms with van der Waals surface area (Å²) in [4.78, 5) is 0. The summed E-state index contributed by atoms with van der Waals surface area (Å²) < 4.78 is 0. The highest BCUT2D eigenvalue weighted by Crippen LogP contribution is 2.36. The van der Waals surface area contributed by atoms with Crippen molar-refractivity contribution in [1.82, 2.24) is 5.32 Å². The number of nitrogens with one attached hydrogen (secondary N) is 1. The highest BCUT2D eigenvalue weighted by Gasteiger charge is 2.20. The van der Waals surface area contributed by atoms with Gasteiger partial charge in [-0.1, -0.05) is 72.1 Å². The van der Waals surface area contributed by atoms with Gasteiger partial charge in [-0.15, -0.1) is 0 Å². The Kier molecular flexibility index (Phi) is 5.95. The standard InChI is InChI=1S/C17H18Cl3N/c1-3-10-21-17(12-7-4-6-11(2)15(12)19)13-8-5-9-14(18)16(13)20/h4-9,17,21H,3,10H2,1-2H3. The minimum Gasteiger partial charge on any atom is -0.306 e. The van der Waals surface area contributed by atoms with Crippen molar-refractivity contribution >= 4 is 34.8 Å². The van der Waals surface area contributed by atoms with Crippen LogP contribution < -0.4 is 5.32 Å². The van der Waals surface area contributed by atoms with Gasteiger partial charge >= 0.3 is 0 Å². The normalized spacial score (nSPS) is 12.4. The van der Waals surface area contributed by atoms with E-state index >= 15 is 0 Å². The first-order chi connectivity index (χ1) is 10.1. The van der Waals surface area contributed by atoms with E-state index in [1.165, 1.54) is 0 Å². The molecule has 1 unspecified atom stereocenters. The molecule has 0 aromatic heterocycles. The van der Waals surface area contributed by atoms with Gasteiger partial charge in [-0.05, 0) is 42.6 Å². The van der Waals surface area contributed by atoms with Gasteiger partial charge in [0, 0.05) is 5.02 Å². The lowest BCUT2D eigenvalue weighted by Gasteiger charge is -2.23. The van der Waals surface area contributed by atoms with Crippen LogP contribution in [-0.2, 0) is 0 Å². The summed E-state index contributed by atoms with van der Waals surface area (Å²) in [6.07, 6.45) is 1.03. The molecule has 0 aliphatic carbocycles. The largest absolute Gasteiger partial charge is 0.306 e. The molecule has 0 fully saturated rings. The summed E-state index contributed by atoms with van der Waals surface area (Å²) in [6.45, 7) is 5.00. The Morgan fingerprint density at radius 1 is 0.952 bits per heavy atom. The first-order valence-corrected chi connectivity index (χ1v) is 8.12. The molecule has 0 bridgehead atoms. The Balaban J connectivity index is 2.52. The molecular weight excluding hydrogens is 325 g/mol. The van der Waals surface area contributed by atoms with E-state index in [2.05, 4.69) is 12.2 Å². The van der Waals surface area contributed by atoms with Crippen molar-refractivity contribution < 1.29 is 0 Å². The molecule has 0 radical (unpaired) electrons. The molecule has 0 heterocycles. The molecule has 112 valence electrons. The van der Waals surface area contributed by atoms with E-state index in [1.54, 1.807) is 6.07 Å². The summed E-state index contributed by atoms with van der Waals surface area (Å²) in [5.74, 6) is 0. The number of hydrogen-bond acceptors (Lipinski definition) is 1. The van der Waals surface area contributed by atoms with Crippen LogP contribution in [0.2, 0.25) is 15.1 Å². The van der Waals surface area contributed by atoms with E-state index in [0.717, 1.165) is 34.7 Å². The molecule has 21 heavy (non-hydrogen) atoms. The van der Waals surface area contributed by atoms with Crippen molar-refractivity contribution in [3.8, 4) is 0 Å². The van der Waals surface area contributed by atoms with Crippen molar-refractivity contribution in [1.29, 1.82) is 0 Å². The highest BCUT2D eigenvalue weighted by atomic mass is 35.5. The summed E-state index contributed by atoms with van der Waals surface area (Å²) in [7, 11) is 0. The Morgan fingerprint density at radius 3 is 2.24 bits per heavy atom. The number of aryl methyl sites for hydroxylation is 1. The van der Waals surface area contributed by atoms with Gasteiger partial charge in [-0.2, -0.15) is 0 Å². The van der Waals surface area contributed by atoms with E-state index in [4.69, 9.17) is 34.8 Å². The predicted octanol–water partition coefficient (Wildman–Crippen LogP) is 6.04. The first-order valence-electron chi connectivity index (χ1n) is 6.98. The maximum Gasteiger partial charge on any atom is 0.0643 e. The molecule has 0 spiro atoms. The zero-order chi connectivity index (χ0) is 15.4. The number of hydrogen-bond donors (Lipinski definition) is 1. The smallest absolute Gasteiger partial charge is 0.0643 e. The minimum absolute atomic E-state index is 0.0662. The van der Waals surface area contributed by atoms with E-state index in [9.17, 15) is 0 Å². The maximum atomic E-state index is 6.49. The van der Waals surface area contributed by atoms with Crippen LogP contribution >= 0.6 is 34.8 Å². The Labute approximate surface area is 141 Å². The molecule has 0 aliphatic heterocycles. The second kappa shape index (κ2) is 7.51. The average molecular weight is 343 g/mol. The van der Waals surface area contributed by atoms with Crippen LogP contribution in [0.15, 0.2) is 36.4 Å². The molecule has 0 saturated heterocycles. The van der Waals surface area contributed by atoms with Crippen LogP contribution in [0, 0.1) is 6.92 Å². The molecule has 1 nitrogen and oxygen atoms in total. The number of rotatable bonds is 5. The Morgan fingerprint density at radius 2 is 1.57 bits per heavy atom. The predicted molar refractivity (Wildman–Crippen MR) is 92.8 cm³/mol. The summed E-state index contributed by atoms with van der Waals surface area (Å²) in [6, 6.07) is 11.7. The van der Waals surface area contributed by atoms with Gasteiger partial charge in [-0.25, -0.2) is 0 Å². The second-order valence-corrected chi connectivity index (χ2v) is 6.17. The van der Waals surface area contributed by atoms with Gasteiger partial charge in [0.1, 0.15) is 0 Å². The fraction of sp³-hybridized carbons (Fsp3) is 0.294. The summed E-state index contributed by atoms with van der Waals surface area (Å²) in [5, 5.41) is 5.41. The Hall–Kier alpha value is -0.730. The molecule has 4 heteroatoms. The first kappa shape index (κ1) is 16.6. The lowest BCUT2D eigenvalue weighted by atomic mass is 9.97. The van der Waals surface area contributed by atoms with Crippen LogP contribution in [0.25, 0.3) is 0 Å². The number of benzene rings is 2. The van der Waals surface area contributed by atoms with Gasteiger partial charge < -0.3 is 5.32 Å². The van der Waals surface area contributed by atoms with Crippen LogP contribution in [0.5, 0.6) is 0 Å². The fourth-order valence-electron chi connectivity index (χ4n) is 2.31.